The lowest BCUT2D eigenvalue weighted by molar-refractivity contribution is 0.318. The number of rotatable bonds is 4. The van der Waals surface area contributed by atoms with Crippen LogP contribution in [0.4, 0.5) is 0 Å². The van der Waals surface area contributed by atoms with Gasteiger partial charge in [0.2, 0.25) is 0 Å². The van der Waals surface area contributed by atoms with Crippen LogP contribution in [-0.4, -0.2) is 11.9 Å². The molecule has 0 unspecified atom stereocenters. The smallest absolute Gasteiger partial charge is 0.0245 e. The average molecular weight is 346 g/mol. The number of hydrogen-bond donors (Lipinski definition) is 0. The number of halogens is 1. The SMILES string of the molecule is CN(Cc1ccc(C(C)(C)C)cc1)Cc1ccccc1Br. The minimum atomic E-state index is 0.222. The molecule has 0 saturated carbocycles. The third kappa shape index (κ3) is 4.69. The van der Waals surface area contributed by atoms with Crippen LogP contribution in [0.15, 0.2) is 53.0 Å². The van der Waals surface area contributed by atoms with Crippen molar-refractivity contribution in [2.75, 3.05) is 7.05 Å². The van der Waals surface area contributed by atoms with E-state index in [1.54, 1.807) is 0 Å². The van der Waals surface area contributed by atoms with Crippen LogP contribution in [0, 0.1) is 0 Å². The predicted molar refractivity (Wildman–Crippen MR) is 94.5 cm³/mol. The highest BCUT2D eigenvalue weighted by atomic mass is 79.9. The van der Waals surface area contributed by atoms with Gasteiger partial charge in [0.1, 0.15) is 0 Å². The van der Waals surface area contributed by atoms with Gasteiger partial charge in [-0.05, 0) is 35.2 Å². The summed E-state index contributed by atoms with van der Waals surface area (Å²) < 4.78 is 1.18. The zero-order valence-corrected chi connectivity index (χ0v) is 14.9. The molecule has 0 fully saturated rings. The van der Waals surface area contributed by atoms with Crippen LogP contribution in [0.5, 0.6) is 0 Å². The van der Waals surface area contributed by atoms with Crippen LogP contribution < -0.4 is 0 Å². The van der Waals surface area contributed by atoms with E-state index in [0.29, 0.717) is 0 Å². The molecule has 2 rings (SSSR count). The van der Waals surface area contributed by atoms with Crippen LogP contribution in [0.25, 0.3) is 0 Å². The van der Waals surface area contributed by atoms with Gasteiger partial charge in [0.05, 0.1) is 0 Å². The van der Waals surface area contributed by atoms with E-state index in [-0.39, 0.29) is 5.41 Å². The normalized spacial score (nSPS) is 11.9. The Balaban J connectivity index is 2.00. The van der Waals surface area contributed by atoms with Gasteiger partial charge in [-0.2, -0.15) is 0 Å². The quantitative estimate of drug-likeness (QED) is 0.719. The Hall–Kier alpha value is -1.12. The second kappa shape index (κ2) is 6.76. The third-order valence-corrected chi connectivity index (χ3v) is 4.44. The van der Waals surface area contributed by atoms with E-state index < -0.39 is 0 Å². The van der Waals surface area contributed by atoms with Crippen molar-refractivity contribution in [1.29, 1.82) is 0 Å². The van der Waals surface area contributed by atoms with Crippen molar-refractivity contribution < 1.29 is 0 Å². The Morgan fingerprint density at radius 3 is 2.10 bits per heavy atom. The fraction of sp³-hybridized carbons (Fsp3) is 0.368. The molecule has 0 aliphatic heterocycles. The Morgan fingerprint density at radius 1 is 0.905 bits per heavy atom. The molecule has 2 aromatic carbocycles. The molecule has 0 atom stereocenters. The fourth-order valence-corrected chi connectivity index (χ4v) is 2.81. The first-order chi connectivity index (χ1) is 9.86. The molecular weight excluding hydrogens is 322 g/mol. The molecule has 0 saturated heterocycles. The number of hydrogen-bond acceptors (Lipinski definition) is 1. The van der Waals surface area contributed by atoms with Crippen LogP contribution in [0.1, 0.15) is 37.5 Å². The molecule has 0 bridgehead atoms. The monoisotopic (exact) mass is 345 g/mol. The molecule has 0 aliphatic carbocycles. The first-order valence-corrected chi connectivity index (χ1v) is 8.17. The second-order valence-electron chi connectivity index (χ2n) is 6.71. The standard InChI is InChI=1S/C19H24BrN/c1-19(2,3)17-11-9-15(10-12-17)13-21(4)14-16-7-5-6-8-18(16)20/h5-12H,13-14H2,1-4H3. The van der Waals surface area contributed by atoms with Crippen molar-refractivity contribution in [2.45, 2.75) is 39.3 Å². The van der Waals surface area contributed by atoms with Crippen molar-refractivity contribution in [2.24, 2.45) is 0 Å². The van der Waals surface area contributed by atoms with E-state index in [1.807, 2.05) is 0 Å². The third-order valence-electron chi connectivity index (χ3n) is 3.67. The molecule has 0 aromatic heterocycles. The molecule has 21 heavy (non-hydrogen) atoms. The molecule has 1 nitrogen and oxygen atoms in total. The van der Waals surface area contributed by atoms with E-state index in [2.05, 4.69) is 97.2 Å². The lowest BCUT2D eigenvalue weighted by Crippen LogP contribution is -2.18. The Labute approximate surface area is 137 Å². The molecule has 0 amide bonds. The van der Waals surface area contributed by atoms with Crippen LogP contribution in [0.3, 0.4) is 0 Å². The van der Waals surface area contributed by atoms with Crippen molar-refractivity contribution in [3.63, 3.8) is 0 Å². The van der Waals surface area contributed by atoms with Crippen molar-refractivity contribution in [1.82, 2.24) is 4.90 Å². The first kappa shape index (κ1) is 16.3. The van der Waals surface area contributed by atoms with Gasteiger partial charge in [0.25, 0.3) is 0 Å². The Bertz CT molecular complexity index is 581. The highest BCUT2D eigenvalue weighted by Crippen LogP contribution is 2.23. The average Bonchev–Trinajstić information content (AvgIpc) is 2.41. The summed E-state index contributed by atoms with van der Waals surface area (Å²) in [6.07, 6.45) is 0. The number of nitrogens with zero attached hydrogens (tertiary/aromatic N) is 1. The Morgan fingerprint density at radius 2 is 1.52 bits per heavy atom. The van der Waals surface area contributed by atoms with Gasteiger partial charge in [-0.3, -0.25) is 4.90 Å². The van der Waals surface area contributed by atoms with Crippen LogP contribution in [0.2, 0.25) is 0 Å². The highest BCUT2D eigenvalue weighted by Gasteiger charge is 2.13. The molecule has 2 heteroatoms. The maximum Gasteiger partial charge on any atom is 0.0245 e. The van der Waals surface area contributed by atoms with Gasteiger partial charge < -0.3 is 0 Å². The zero-order chi connectivity index (χ0) is 15.5. The first-order valence-electron chi connectivity index (χ1n) is 7.37. The molecule has 0 heterocycles. The number of benzene rings is 2. The second-order valence-corrected chi connectivity index (χ2v) is 7.56. The lowest BCUT2D eigenvalue weighted by Gasteiger charge is -2.21. The highest BCUT2D eigenvalue weighted by molar-refractivity contribution is 9.10. The van der Waals surface area contributed by atoms with Gasteiger partial charge in [0.15, 0.2) is 0 Å². The molecule has 0 radical (unpaired) electrons. The summed E-state index contributed by atoms with van der Waals surface area (Å²) in [5.74, 6) is 0. The molecular formula is C19H24BrN. The maximum absolute atomic E-state index is 3.61. The topological polar surface area (TPSA) is 3.24 Å². The van der Waals surface area contributed by atoms with Crippen molar-refractivity contribution >= 4 is 15.9 Å². The summed E-state index contributed by atoms with van der Waals surface area (Å²) in [6.45, 7) is 8.66. The molecule has 2 aromatic rings. The maximum atomic E-state index is 3.61. The molecule has 0 aliphatic rings. The largest absolute Gasteiger partial charge is 0.298 e. The van der Waals surface area contributed by atoms with Gasteiger partial charge in [-0.25, -0.2) is 0 Å². The summed E-state index contributed by atoms with van der Waals surface area (Å²) in [4.78, 5) is 2.34. The minimum Gasteiger partial charge on any atom is -0.298 e. The summed E-state index contributed by atoms with van der Waals surface area (Å²) >= 11 is 3.61. The summed E-state index contributed by atoms with van der Waals surface area (Å²) in [5, 5.41) is 0. The summed E-state index contributed by atoms with van der Waals surface area (Å²) in [7, 11) is 2.16. The lowest BCUT2D eigenvalue weighted by atomic mass is 9.87. The summed E-state index contributed by atoms with van der Waals surface area (Å²) in [5.41, 5.74) is 4.29. The molecule has 112 valence electrons. The van der Waals surface area contributed by atoms with E-state index in [0.717, 1.165) is 13.1 Å². The van der Waals surface area contributed by atoms with E-state index in [1.165, 1.54) is 21.2 Å². The van der Waals surface area contributed by atoms with Crippen LogP contribution in [-0.2, 0) is 18.5 Å². The Kier molecular flexibility index (Phi) is 5.23. The van der Waals surface area contributed by atoms with Gasteiger partial charge in [-0.1, -0.05) is 79.2 Å². The zero-order valence-electron chi connectivity index (χ0n) is 13.4. The van der Waals surface area contributed by atoms with Crippen molar-refractivity contribution in [3.8, 4) is 0 Å². The minimum absolute atomic E-state index is 0.222. The molecule has 0 N–H and O–H groups in total. The van der Waals surface area contributed by atoms with E-state index >= 15 is 0 Å². The predicted octanol–water partition coefficient (Wildman–Crippen LogP) is 5.38. The van der Waals surface area contributed by atoms with Gasteiger partial charge in [-0.15, -0.1) is 0 Å². The van der Waals surface area contributed by atoms with E-state index in [4.69, 9.17) is 0 Å². The van der Waals surface area contributed by atoms with Gasteiger partial charge in [0, 0.05) is 17.6 Å². The van der Waals surface area contributed by atoms with Gasteiger partial charge >= 0.3 is 0 Å². The van der Waals surface area contributed by atoms with E-state index in [9.17, 15) is 0 Å². The summed E-state index contributed by atoms with van der Waals surface area (Å²) in [6, 6.07) is 17.4. The van der Waals surface area contributed by atoms with Crippen LogP contribution >= 0.6 is 15.9 Å². The van der Waals surface area contributed by atoms with Crippen molar-refractivity contribution in [3.05, 3.63) is 69.7 Å². The fourth-order valence-electron chi connectivity index (χ4n) is 2.40. The molecule has 0 spiro atoms.